The lowest BCUT2D eigenvalue weighted by molar-refractivity contribution is -0.245. The van der Waals surface area contributed by atoms with Crippen LogP contribution in [0.1, 0.15) is 51.6 Å². The average molecular weight is 711 g/mol. The smallest absolute Gasteiger partial charge is 0.271 e. The molecule has 1 amide bonds. The van der Waals surface area contributed by atoms with Crippen LogP contribution in [0.15, 0.2) is 132 Å². The van der Waals surface area contributed by atoms with Crippen LogP contribution in [0.2, 0.25) is 0 Å². The van der Waals surface area contributed by atoms with E-state index < -0.39 is 6.29 Å². The van der Waals surface area contributed by atoms with Crippen LogP contribution in [0.4, 0.5) is 0 Å². The summed E-state index contributed by atoms with van der Waals surface area (Å²) in [5, 5.41) is 12.5. The number of thiazole rings is 1. The molecule has 2 N–H and O–H groups in total. The van der Waals surface area contributed by atoms with Crippen molar-refractivity contribution >= 4 is 50.3 Å². The molecule has 8 rings (SSSR count). The van der Waals surface area contributed by atoms with Crippen molar-refractivity contribution in [3.63, 3.8) is 0 Å². The molecule has 51 heavy (non-hydrogen) atoms. The number of rotatable bonds is 10. The molecule has 1 saturated heterocycles. The summed E-state index contributed by atoms with van der Waals surface area (Å²) >= 11 is 3.42. The molecule has 3 atom stereocenters. The van der Waals surface area contributed by atoms with Gasteiger partial charge in [0.2, 0.25) is 0 Å². The number of hydrogen-bond donors (Lipinski definition) is 2. The molecular formula is C41H34N4O4S2. The lowest BCUT2D eigenvalue weighted by Gasteiger charge is -2.36. The minimum absolute atomic E-state index is 0.00335. The molecular weight excluding hydrogens is 677 g/mol. The number of aromatic nitrogens is 3. The molecule has 0 radical (unpaired) electrons. The van der Waals surface area contributed by atoms with Gasteiger partial charge in [-0.3, -0.25) is 9.78 Å². The highest BCUT2D eigenvalue weighted by Gasteiger charge is 2.32. The van der Waals surface area contributed by atoms with E-state index in [4.69, 9.17) is 14.5 Å². The third kappa shape index (κ3) is 7.70. The fourth-order valence-electron chi connectivity index (χ4n) is 6.13. The van der Waals surface area contributed by atoms with Gasteiger partial charge in [0.25, 0.3) is 5.91 Å². The molecule has 0 bridgehead atoms. The molecule has 5 aromatic carbocycles. The molecule has 3 heterocycles. The van der Waals surface area contributed by atoms with Crippen molar-refractivity contribution in [1.82, 2.24) is 20.3 Å². The zero-order chi connectivity index (χ0) is 34.6. The summed E-state index contributed by atoms with van der Waals surface area (Å²) in [5.74, 6) is 0.481. The van der Waals surface area contributed by atoms with E-state index in [1.807, 2.05) is 78.9 Å². The van der Waals surface area contributed by atoms with Gasteiger partial charge in [0.1, 0.15) is 5.69 Å². The Morgan fingerprint density at radius 3 is 2.35 bits per heavy atom. The lowest BCUT2D eigenvalue weighted by Crippen LogP contribution is -2.31. The summed E-state index contributed by atoms with van der Waals surface area (Å²) in [6.45, 7) is 0.365. The summed E-state index contributed by atoms with van der Waals surface area (Å²) in [5.41, 5.74) is 8.66. The summed E-state index contributed by atoms with van der Waals surface area (Å²) < 4.78 is 15.4. The Balaban J connectivity index is 0.957. The number of amides is 1. The van der Waals surface area contributed by atoms with Crippen molar-refractivity contribution in [2.45, 2.75) is 42.4 Å². The molecule has 0 spiro atoms. The zero-order valence-corrected chi connectivity index (χ0v) is 29.1. The van der Waals surface area contributed by atoms with Crippen LogP contribution in [0.25, 0.3) is 32.4 Å². The van der Waals surface area contributed by atoms with Crippen molar-refractivity contribution in [2.75, 3.05) is 5.75 Å². The standard InChI is InChI=1S/C41H34N4O4S2/c46-24-26-12-14-29(15-13-26)37-21-32(25-50-41-45-35-10-3-4-11-38(35)51-41)48-40(49-37)30-18-16-28(17-19-30)31-7-5-6-27(20-31)22-43-39(47)36-23-42-33-8-1-2-9-34(33)44-36/h1-20,23,32,37,40,46H,21-22,24-25H2,(H,43,47). The minimum Gasteiger partial charge on any atom is -0.392 e. The normalized spacial score (nSPS) is 17.5. The van der Waals surface area contributed by atoms with Gasteiger partial charge in [0, 0.05) is 24.3 Å². The topological polar surface area (TPSA) is 106 Å². The van der Waals surface area contributed by atoms with Crippen LogP contribution in [0, 0.1) is 0 Å². The molecule has 3 unspecified atom stereocenters. The third-order valence-corrected chi connectivity index (χ3v) is 11.2. The number of carbonyl (C=O) groups excluding carboxylic acids is 1. The van der Waals surface area contributed by atoms with E-state index >= 15 is 0 Å². The number of thioether (sulfide) groups is 1. The molecule has 1 fully saturated rings. The van der Waals surface area contributed by atoms with Gasteiger partial charge in [0.05, 0.1) is 46.3 Å². The van der Waals surface area contributed by atoms with Gasteiger partial charge in [-0.25, -0.2) is 9.97 Å². The number of nitrogens with one attached hydrogen (secondary N) is 1. The maximum atomic E-state index is 12.9. The molecule has 2 aromatic heterocycles. The molecule has 0 aliphatic carbocycles. The van der Waals surface area contributed by atoms with Gasteiger partial charge in [-0.05, 0) is 58.1 Å². The Morgan fingerprint density at radius 1 is 0.784 bits per heavy atom. The SMILES string of the molecule is O=C(NCc1cccc(-c2ccc(C3OC(CSc4nc5ccccc5s4)CC(c4ccc(CO)cc4)O3)cc2)c1)c1cnc2ccccc2n1. The second kappa shape index (κ2) is 15.1. The number of aliphatic hydroxyl groups is 1. The Hall–Kier alpha value is -4.97. The second-order valence-corrected chi connectivity index (χ2v) is 14.7. The highest BCUT2D eigenvalue weighted by Crippen LogP contribution is 2.40. The largest absolute Gasteiger partial charge is 0.392 e. The van der Waals surface area contributed by atoms with Crippen molar-refractivity contribution in [2.24, 2.45) is 0 Å². The predicted octanol–water partition coefficient (Wildman–Crippen LogP) is 8.67. The summed E-state index contributed by atoms with van der Waals surface area (Å²) in [4.78, 5) is 26.5. The van der Waals surface area contributed by atoms with E-state index in [1.165, 1.54) is 10.9 Å². The van der Waals surface area contributed by atoms with Gasteiger partial charge < -0.3 is 19.9 Å². The highest BCUT2D eigenvalue weighted by atomic mass is 32.2. The number of para-hydroxylation sites is 3. The average Bonchev–Trinajstić information content (AvgIpc) is 3.62. The Labute approximate surface area is 303 Å². The molecule has 1 aliphatic heterocycles. The molecule has 7 aromatic rings. The summed E-state index contributed by atoms with van der Waals surface area (Å²) in [6.07, 6.45) is 1.45. The number of hydrogen-bond acceptors (Lipinski definition) is 9. The highest BCUT2D eigenvalue weighted by molar-refractivity contribution is 8.01. The summed E-state index contributed by atoms with van der Waals surface area (Å²) in [7, 11) is 0. The maximum absolute atomic E-state index is 12.9. The molecule has 254 valence electrons. The van der Waals surface area contributed by atoms with Crippen molar-refractivity contribution < 1.29 is 19.4 Å². The van der Waals surface area contributed by atoms with E-state index in [9.17, 15) is 9.90 Å². The fourth-order valence-corrected chi connectivity index (χ4v) is 8.25. The van der Waals surface area contributed by atoms with Crippen LogP contribution < -0.4 is 5.32 Å². The van der Waals surface area contributed by atoms with Crippen LogP contribution in [-0.4, -0.2) is 37.8 Å². The predicted molar refractivity (Wildman–Crippen MR) is 201 cm³/mol. The van der Waals surface area contributed by atoms with E-state index in [1.54, 1.807) is 23.1 Å². The van der Waals surface area contributed by atoms with Crippen molar-refractivity contribution in [3.8, 4) is 11.1 Å². The number of nitrogens with zero attached hydrogens (tertiary/aromatic N) is 3. The van der Waals surface area contributed by atoms with Crippen LogP contribution in [0.3, 0.4) is 0 Å². The fraction of sp³-hybridized carbons (Fsp3) is 0.171. The first-order chi connectivity index (χ1) is 25.1. The number of benzene rings is 5. The first-order valence-electron chi connectivity index (χ1n) is 16.8. The van der Waals surface area contributed by atoms with Gasteiger partial charge in [-0.1, -0.05) is 103 Å². The third-order valence-electron chi connectivity index (χ3n) is 8.86. The minimum atomic E-state index is -0.545. The van der Waals surface area contributed by atoms with E-state index in [2.05, 4.69) is 57.7 Å². The Morgan fingerprint density at radius 2 is 1.55 bits per heavy atom. The second-order valence-electron chi connectivity index (χ2n) is 12.4. The van der Waals surface area contributed by atoms with Gasteiger partial charge >= 0.3 is 0 Å². The van der Waals surface area contributed by atoms with Crippen LogP contribution in [-0.2, 0) is 22.6 Å². The summed E-state index contributed by atoms with van der Waals surface area (Å²) in [6, 6.07) is 40.0. The number of carbonyl (C=O) groups is 1. The van der Waals surface area contributed by atoms with Gasteiger partial charge in [-0.2, -0.15) is 0 Å². The Kier molecular flexibility index (Phi) is 9.83. The lowest BCUT2D eigenvalue weighted by atomic mass is 9.99. The molecule has 1 aliphatic rings. The van der Waals surface area contributed by atoms with Crippen LogP contribution in [0.5, 0.6) is 0 Å². The maximum Gasteiger partial charge on any atom is 0.271 e. The quantitative estimate of drug-likeness (QED) is 0.136. The Bertz CT molecular complexity index is 2260. The van der Waals surface area contributed by atoms with E-state index in [0.717, 1.165) is 54.5 Å². The monoisotopic (exact) mass is 710 g/mol. The van der Waals surface area contributed by atoms with Crippen LogP contribution >= 0.6 is 23.1 Å². The first-order valence-corrected chi connectivity index (χ1v) is 18.6. The van der Waals surface area contributed by atoms with Crippen molar-refractivity contribution in [3.05, 3.63) is 155 Å². The zero-order valence-electron chi connectivity index (χ0n) is 27.5. The van der Waals surface area contributed by atoms with E-state index in [-0.39, 0.29) is 30.4 Å². The number of ether oxygens (including phenoxy) is 2. The molecule has 8 nitrogen and oxygen atoms in total. The van der Waals surface area contributed by atoms with Gasteiger partial charge in [-0.15, -0.1) is 11.3 Å². The first kappa shape index (κ1) is 33.2. The van der Waals surface area contributed by atoms with Gasteiger partial charge in [0.15, 0.2) is 10.6 Å². The molecule has 10 heteroatoms. The number of fused-ring (bicyclic) bond motifs is 2. The van der Waals surface area contributed by atoms with Crippen molar-refractivity contribution in [1.29, 1.82) is 0 Å². The van der Waals surface area contributed by atoms with E-state index in [0.29, 0.717) is 18.5 Å². The molecule has 0 saturated carbocycles. The number of aliphatic hydroxyl groups excluding tert-OH is 1.